The maximum atomic E-state index is 13.1. The standard InChI is InChI=1S/C31H37F3N2O3/c1-3-18-35-30(37)23-12-16-25(17-13-23)36-29(22-8-6-5-7-9-22)26-19-27(39-28(26)20-38-4-2)21-10-14-24(15-11-21)31(32,33)34/h10-17,19,22,29,36H,3-9,18,20H2,1-2H3,(H,35,37). The summed E-state index contributed by atoms with van der Waals surface area (Å²) in [5.41, 5.74) is 2.33. The highest BCUT2D eigenvalue weighted by molar-refractivity contribution is 5.94. The molecule has 1 aliphatic rings. The van der Waals surface area contributed by atoms with Crippen LogP contribution in [0.1, 0.15) is 85.7 Å². The van der Waals surface area contributed by atoms with Crippen molar-refractivity contribution in [3.05, 3.63) is 77.0 Å². The van der Waals surface area contributed by atoms with Crippen LogP contribution in [0.15, 0.2) is 59.0 Å². The highest BCUT2D eigenvalue weighted by Crippen LogP contribution is 2.41. The predicted molar refractivity (Wildman–Crippen MR) is 146 cm³/mol. The number of benzene rings is 2. The number of amides is 1. The van der Waals surface area contributed by atoms with Gasteiger partial charge < -0.3 is 19.8 Å². The molecule has 0 radical (unpaired) electrons. The third kappa shape index (κ3) is 7.44. The molecular weight excluding hydrogens is 505 g/mol. The minimum Gasteiger partial charge on any atom is -0.458 e. The Hall–Kier alpha value is -3.26. The van der Waals surface area contributed by atoms with Gasteiger partial charge in [0, 0.05) is 35.5 Å². The topological polar surface area (TPSA) is 63.5 Å². The van der Waals surface area contributed by atoms with E-state index in [9.17, 15) is 18.0 Å². The maximum Gasteiger partial charge on any atom is 0.416 e. The summed E-state index contributed by atoms with van der Waals surface area (Å²) in [4.78, 5) is 12.3. The zero-order chi connectivity index (χ0) is 27.8. The molecule has 5 nitrogen and oxygen atoms in total. The largest absolute Gasteiger partial charge is 0.458 e. The molecule has 2 aromatic carbocycles. The van der Waals surface area contributed by atoms with E-state index >= 15 is 0 Å². The number of furan rings is 1. The maximum absolute atomic E-state index is 13.1. The van der Waals surface area contributed by atoms with Gasteiger partial charge in [0.1, 0.15) is 18.1 Å². The van der Waals surface area contributed by atoms with Crippen molar-refractivity contribution >= 4 is 11.6 Å². The van der Waals surface area contributed by atoms with E-state index in [-0.39, 0.29) is 18.6 Å². The van der Waals surface area contributed by atoms with Gasteiger partial charge in [-0.3, -0.25) is 4.79 Å². The van der Waals surface area contributed by atoms with Crippen LogP contribution in [-0.2, 0) is 17.5 Å². The minimum absolute atomic E-state index is 0.0764. The normalized spacial score (nSPS) is 15.2. The van der Waals surface area contributed by atoms with Crippen LogP contribution in [0.5, 0.6) is 0 Å². The van der Waals surface area contributed by atoms with Crippen LogP contribution in [0.4, 0.5) is 18.9 Å². The van der Waals surface area contributed by atoms with Crippen molar-refractivity contribution in [2.75, 3.05) is 18.5 Å². The van der Waals surface area contributed by atoms with Crippen molar-refractivity contribution < 1.29 is 27.1 Å². The Kier molecular flexibility index (Phi) is 9.73. The summed E-state index contributed by atoms with van der Waals surface area (Å²) in [6.45, 7) is 5.34. The van der Waals surface area contributed by atoms with Crippen LogP contribution in [0.2, 0.25) is 0 Å². The van der Waals surface area contributed by atoms with Gasteiger partial charge in [-0.2, -0.15) is 13.2 Å². The first-order valence-corrected chi connectivity index (χ1v) is 13.8. The van der Waals surface area contributed by atoms with Crippen LogP contribution < -0.4 is 10.6 Å². The zero-order valence-corrected chi connectivity index (χ0v) is 22.6. The molecule has 210 valence electrons. The fraction of sp³-hybridized carbons (Fsp3) is 0.452. The molecule has 1 saturated carbocycles. The molecule has 1 unspecified atom stereocenters. The number of nitrogens with one attached hydrogen (secondary N) is 2. The first-order valence-electron chi connectivity index (χ1n) is 13.8. The zero-order valence-electron chi connectivity index (χ0n) is 22.6. The molecule has 4 rings (SSSR count). The Morgan fingerprint density at radius 2 is 1.72 bits per heavy atom. The Morgan fingerprint density at radius 3 is 2.33 bits per heavy atom. The van der Waals surface area contributed by atoms with Gasteiger partial charge in [-0.25, -0.2) is 0 Å². The number of carbonyl (C=O) groups excluding carboxylic acids is 1. The second-order valence-corrected chi connectivity index (χ2v) is 10.1. The van der Waals surface area contributed by atoms with Crippen LogP contribution in [0.3, 0.4) is 0 Å². The molecule has 1 heterocycles. The molecule has 0 spiro atoms. The van der Waals surface area contributed by atoms with Crippen molar-refractivity contribution in [2.45, 2.75) is 71.2 Å². The lowest BCUT2D eigenvalue weighted by molar-refractivity contribution is -0.137. The predicted octanol–water partition coefficient (Wildman–Crippen LogP) is 8.38. The van der Waals surface area contributed by atoms with E-state index < -0.39 is 11.7 Å². The molecule has 1 aliphatic carbocycles. The molecule has 3 aromatic rings. The van der Waals surface area contributed by atoms with Crippen molar-refractivity contribution in [1.29, 1.82) is 0 Å². The second-order valence-electron chi connectivity index (χ2n) is 10.1. The summed E-state index contributed by atoms with van der Waals surface area (Å²) in [7, 11) is 0. The summed E-state index contributed by atoms with van der Waals surface area (Å²) < 4.78 is 51.3. The Labute approximate surface area is 228 Å². The third-order valence-corrected chi connectivity index (χ3v) is 7.24. The number of anilines is 1. The van der Waals surface area contributed by atoms with E-state index in [2.05, 4.69) is 10.6 Å². The van der Waals surface area contributed by atoms with Crippen molar-refractivity contribution in [3.8, 4) is 11.3 Å². The SMILES string of the molecule is CCCNC(=O)c1ccc(NC(c2cc(-c3ccc(C(F)(F)F)cc3)oc2COCC)C2CCCCC2)cc1. The molecule has 8 heteroatoms. The molecule has 0 aliphatic heterocycles. The first-order chi connectivity index (χ1) is 18.8. The van der Waals surface area contributed by atoms with E-state index in [0.717, 1.165) is 55.5 Å². The number of halogens is 3. The highest BCUT2D eigenvalue weighted by atomic mass is 19.4. The Bertz CT molecular complexity index is 1200. The number of hydrogen-bond acceptors (Lipinski definition) is 4. The van der Waals surface area contributed by atoms with Crippen molar-refractivity contribution in [3.63, 3.8) is 0 Å². The number of carbonyl (C=O) groups is 1. The molecule has 1 fully saturated rings. The van der Waals surface area contributed by atoms with E-state index in [1.54, 1.807) is 0 Å². The van der Waals surface area contributed by atoms with Crippen LogP contribution in [0, 0.1) is 5.92 Å². The van der Waals surface area contributed by atoms with Crippen LogP contribution >= 0.6 is 0 Å². The molecule has 0 bridgehead atoms. The summed E-state index contributed by atoms with van der Waals surface area (Å²) in [6.07, 6.45) is 2.09. The van der Waals surface area contributed by atoms with Gasteiger partial charge in [-0.15, -0.1) is 0 Å². The summed E-state index contributed by atoms with van der Waals surface area (Å²) >= 11 is 0. The minimum atomic E-state index is -4.39. The molecule has 1 amide bonds. The molecule has 0 saturated heterocycles. The fourth-order valence-corrected chi connectivity index (χ4v) is 5.13. The average Bonchev–Trinajstić information content (AvgIpc) is 3.37. The first kappa shape index (κ1) is 28.7. The van der Waals surface area contributed by atoms with Crippen molar-refractivity contribution in [1.82, 2.24) is 5.32 Å². The van der Waals surface area contributed by atoms with Crippen molar-refractivity contribution in [2.24, 2.45) is 5.92 Å². The monoisotopic (exact) mass is 542 g/mol. The summed E-state index contributed by atoms with van der Waals surface area (Å²) in [5.74, 6) is 1.44. The number of alkyl halides is 3. The third-order valence-electron chi connectivity index (χ3n) is 7.24. The highest BCUT2D eigenvalue weighted by Gasteiger charge is 2.31. The van der Waals surface area contributed by atoms with E-state index in [0.29, 0.717) is 41.7 Å². The Morgan fingerprint density at radius 1 is 1.03 bits per heavy atom. The lowest BCUT2D eigenvalue weighted by atomic mass is 9.81. The van der Waals surface area contributed by atoms with Gasteiger partial charge in [0.15, 0.2) is 0 Å². The van der Waals surface area contributed by atoms with E-state index in [1.807, 2.05) is 44.2 Å². The number of ether oxygens (including phenoxy) is 1. The van der Waals surface area contributed by atoms with E-state index in [4.69, 9.17) is 9.15 Å². The van der Waals surface area contributed by atoms with E-state index in [1.165, 1.54) is 18.6 Å². The average molecular weight is 543 g/mol. The molecule has 1 aromatic heterocycles. The molecular formula is C31H37F3N2O3. The van der Waals surface area contributed by atoms with Gasteiger partial charge in [0.2, 0.25) is 0 Å². The van der Waals surface area contributed by atoms with Gasteiger partial charge in [0.05, 0.1) is 11.6 Å². The van der Waals surface area contributed by atoms with Crippen LogP contribution in [0.25, 0.3) is 11.3 Å². The number of rotatable bonds is 11. The summed E-state index contributed by atoms with van der Waals surface area (Å²) in [5, 5.41) is 6.58. The quantitative estimate of drug-likeness (QED) is 0.255. The summed E-state index contributed by atoms with van der Waals surface area (Å²) in [6, 6.07) is 14.4. The second kappa shape index (κ2) is 13.2. The molecule has 1 atom stereocenters. The smallest absolute Gasteiger partial charge is 0.416 e. The van der Waals surface area contributed by atoms with Gasteiger partial charge in [-0.1, -0.05) is 38.3 Å². The number of hydrogen-bond donors (Lipinski definition) is 2. The molecule has 39 heavy (non-hydrogen) atoms. The molecule has 2 N–H and O–H groups in total. The lowest BCUT2D eigenvalue weighted by Gasteiger charge is -2.32. The Balaban J connectivity index is 1.65. The van der Waals surface area contributed by atoms with Crippen LogP contribution in [-0.4, -0.2) is 19.1 Å². The lowest BCUT2D eigenvalue weighted by Crippen LogP contribution is -2.25. The fourth-order valence-electron chi connectivity index (χ4n) is 5.13. The van der Waals surface area contributed by atoms with Gasteiger partial charge in [0.25, 0.3) is 5.91 Å². The van der Waals surface area contributed by atoms with Gasteiger partial charge >= 0.3 is 6.18 Å². The van der Waals surface area contributed by atoms with Gasteiger partial charge in [-0.05, 0) is 74.6 Å².